The van der Waals surface area contributed by atoms with E-state index in [0.717, 1.165) is 17.0 Å². The average Bonchev–Trinajstić information content (AvgIpc) is 1.51. The third-order valence-corrected chi connectivity index (χ3v) is 33.8. The minimum Gasteiger partial charge on any atom is -0.453 e. The number of para-hydroxylation sites is 1. The van der Waals surface area contributed by atoms with Gasteiger partial charge in [-0.3, -0.25) is 0 Å². The van der Waals surface area contributed by atoms with Crippen molar-refractivity contribution in [2.75, 3.05) is 0 Å². The molecule has 0 radical (unpaired) electrons. The molecule has 0 spiro atoms. The van der Waals surface area contributed by atoms with E-state index in [9.17, 15) is 0 Å². The summed E-state index contributed by atoms with van der Waals surface area (Å²) in [6, 6.07) is 95.4. The fraction of sp³-hybridized carbons (Fsp3) is 0.359. The molecule has 0 fully saturated rings. The monoisotopic (exact) mass is 1750 g/mol. The van der Waals surface area contributed by atoms with E-state index in [-0.39, 0.29) is 28.4 Å². The minimum absolute atomic E-state index is 0.0302. The number of hydrogen-bond donors (Lipinski definition) is 0. The highest BCUT2D eigenvalue weighted by atomic mass is 16.5. The van der Waals surface area contributed by atoms with Crippen molar-refractivity contribution in [3.63, 3.8) is 0 Å². The summed E-state index contributed by atoms with van der Waals surface area (Å²) < 4.78 is 10.0. The highest BCUT2D eigenvalue weighted by molar-refractivity contribution is 6.98. The molecule has 0 atom stereocenters. The Morgan fingerprint density at radius 2 is 0.582 bits per heavy atom. The largest absolute Gasteiger partial charge is 0.453 e. The summed E-state index contributed by atoms with van der Waals surface area (Å²) in [5.74, 6) is 1.82. The second kappa shape index (κ2) is 36.1. The molecule has 0 saturated heterocycles. The fourth-order valence-electron chi connectivity index (χ4n) is 27.2. The van der Waals surface area contributed by atoms with Crippen LogP contribution in [0.2, 0.25) is 0 Å². The summed E-state index contributed by atoms with van der Waals surface area (Å²) in [5, 5.41) is 2.49. The van der Waals surface area contributed by atoms with Crippen LogP contribution in [0.1, 0.15) is 319 Å². The molecule has 0 saturated carbocycles. The second-order valence-electron chi connectivity index (χ2n) is 43.3. The molecule has 3 heteroatoms. The number of ether oxygens (including phenoxy) is 1. The Balaban J connectivity index is 0.604. The topological polar surface area (TPSA) is 14.2 Å². The molecule has 0 bridgehead atoms. The molecule has 2 aliphatic heterocycles. The van der Waals surface area contributed by atoms with Crippen LogP contribution in [0.3, 0.4) is 0 Å². The van der Waals surface area contributed by atoms with Gasteiger partial charge >= 0.3 is 0 Å². The van der Waals surface area contributed by atoms with E-state index in [1.165, 1.54) is 391 Å². The van der Waals surface area contributed by atoms with Crippen molar-refractivity contribution in [3.8, 4) is 128 Å². The van der Waals surface area contributed by atoms with E-state index < -0.39 is 0 Å². The molecule has 134 heavy (non-hydrogen) atoms. The minimum atomic E-state index is -0.213. The molecule has 1 aromatic heterocycles. The van der Waals surface area contributed by atoms with Gasteiger partial charge in [0.25, 0.3) is 0 Å². The highest BCUT2D eigenvalue weighted by Crippen LogP contribution is 2.61. The van der Waals surface area contributed by atoms with Crippen molar-refractivity contribution >= 4 is 44.9 Å². The van der Waals surface area contributed by atoms with Gasteiger partial charge in [0.05, 0.1) is 11.2 Å². The zero-order valence-corrected chi connectivity index (χ0v) is 83.2. The molecule has 0 N–H and O–H groups in total. The number of aryl methyl sites for hydroxylation is 7. The van der Waals surface area contributed by atoms with Crippen molar-refractivity contribution < 1.29 is 4.74 Å². The molecule has 6 aliphatic rings. The summed E-state index contributed by atoms with van der Waals surface area (Å²) in [6.45, 7) is 35.6. The van der Waals surface area contributed by atoms with Crippen LogP contribution in [0.4, 0.5) is 0 Å². The molecule has 2 nitrogen and oxygen atoms in total. The van der Waals surface area contributed by atoms with Crippen molar-refractivity contribution in [1.82, 2.24) is 4.57 Å². The smallest absolute Gasteiger partial charge is 0.247 e. The normalized spacial score (nSPS) is 14.6. The molecule has 678 valence electrons. The van der Waals surface area contributed by atoms with E-state index in [2.05, 4.69) is 345 Å². The predicted octanol–water partition coefficient (Wildman–Crippen LogP) is 36.0. The molecule has 21 rings (SSSR count). The zero-order valence-electron chi connectivity index (χ0n) is 83.2. The van der Waals surface area contributed by atoms with Gasteiger partial charge in [0, 0.05) is 37.9 Å². The molecule has 14 aromatic carbocycles. The summed E-state index contributed by atoms with van der Waals surface area (Å²) in [5.41, 5.74) is 54.9. The third kappa shape index (κ3) is 15.1. The van der Waals surface area contributed by atoms with E-state index in [1.807, 2.05) is 0 Å². The first kappa shape index (κ1) is 89.3. The molecule has 15 aromatic rings. The number of aromatic nitrogens is 1. The van der Waals surface area contributed by atoms with Crippen LogP contribution in [0.5, 0.6) is 11.5 Å². The van der Waals surface area contributed by atoms with Crippen LogP contribution in [-0.2, 0) is 21.7 Å². The first-order valence-electron chi connectivity index (χ1n) is 52.5. The van der Waals surface area contributed by atoms with Crippen LogP contribution < -0.4 is 21.1 Å². The Hall–Kier alpha value is -11.3. The lowest BCUT2D eigenvalue weighted by molar-refractivity contribution is 0.398. The van der Waals surface area contributed by atoms with E-state index in [1.54, 1.807) is 22.3 Å². The van der Waals surface area contributed by atoms with Gasteiger partial charge in [-0.2, -0.15) is 0 Å². The first-order valence-corrected chi connectivity index (χ1v) is 52.5. The van der Waals surface area contributed by atoms with Crippen molar-refractivity contribution in [1.29, 1.82) is 0 Å². The summed E-state index contributed by atoms with van der Waals surface area (Å²) in [6.07, 6.45) is 36.6. The summed E-state index contributed by atoms with van der Waals surface area (Å²) >= 11 is 0. The first-order chi connectivity index (χ1) is 65.2. The van der Waals surface area contributed by atoms with Gasteiger partial charge < -0.3 is 9.30 Å². The van der Waals surface area contributed by atoms with Crippen LogP contribution in [0, 0.1) is 48.5 Å². The Kier molecular flexibility index (Phi) is 24.1. The Bertz CT molecular complexity index is 7040. The van der Waals surface area contributed by atoms with Crippen LogP contribution in [0.15, 0.2) is 237 Å². The molecular weight excluding hydrogens is 1610 g/mol. The maximum absolute atomic E-state index is 7.44. The van der Waals surface area contributed by atoms with Gasteiger partial charge in [-0.25, -0.2) is 0 Å². The molecule has 0 amide bonds. The lowest BCUT2D eigenvalue weighted by atomic mass is 9.34. The molecular formula is C131H140BNO. The SMILES string of the molecule is CCCCCCCCC1(CCCCCCCC)c2ccccc2-c2ccc(-c3ccc4c(c3)C(C)(C)c3cc(-c5cc(C)c(-c6cc7c8c(c6)c6cc(-c9c(C)cc(-c%10ccc%11c(c%10)C(C)(C)c%10cc(-c%12ccc%13c(c%12)C(CCCCCCCC)(CCCCCCCC)c%12ccccc%12-%13)ccc%10-%11)cc9C)cc9c6n8-c6c(cccc6B9c6c(C)cc(C)cc6C)O7)c(C)c5)ccc3-4)cc21. The van der Waals surface area contributed by atoms with Gasteiger partial charge in [0.1, 0.15) is 0 Å². The van der Waals surface area contributed by atoms with Gasteiger partial charge in [-0.1, -0.05) is 408 Å². The number of rotatable bonds is 35. The van der Waals surface area contributed by atoms with E-state index in [4.69, 9.17) is 4.74 Å². The lowest BCUT2D eigenvalue weighted by Crippen LogP contribution is -2.57. The Labute approximate surface area is 802 Å². The second-order valence-corrected chi connectivity index (χ2v) is 43.3. The third-order valence-electron chi connectivity index (χ3n) is 33.8. The number of nitrogens with zero attached hydrogens (tertiary/aromatic N) is 1. The molecule has 3 heterocycles. The Morgan fingerprint density at radius 3 is 0.970 bits per heavy atom. The van der Waals surface area contributed by atoms with Gasteiger partial charge in [-0.15, -0.1) is 0 Å². The fourth-order valence-corrected chi connectivity index (χ4v) is 27.2. The van der Waals surface area contributed by atoms with E-state index in [0.29, 0.717) is 0 Å². The molecule has 0 unspecified atom stereocenters. The average molecular weight is 1760 g/mol. The van der Waals surface area contributed by atoms with Crippen molar-refractivity contribution in [3.05, 3.63) is 320 Å². The maximum atomic E-state index is 7.44. The predicted molar refractivity (Wildman–Crippen MR) is 577 cm³/mol. The van der Waals surface area contributed by atoms with Gasteiger partial charge in [-0.05, 0) is 324 Å². The van der Waals surface area contributed by atoms with Crippen LogP contribution in [-0.4, -0.2) is 11.3 Å². The number of unbranched alkanes of at least 4 members (excludes halogenated alkanes) is 20. The van der Waals surface area contributed by atoms with Crippen molar-refractivity contribution in [2.24, 2.45) is 0 Å². The summed E-state index contributed by atoms with van der Waals surface area (Å²) in [4.78, 5) is 0. The number of benzene rings is 14. The van der Waals surface area contributed by atoms with Crippen LogP contribution in [0.25, 0.3) is 139 Å². The van der Waals surface area contributed by atoms with Gasteiger partial charge in [0.15, 0.2) is 11.5 Å². The quantitative estimate of drug-likeness (QED) is 0.0285. The lowest BCUT2D eigenvalue weighted by Gasteiger charge is -2.33. The molecule has 4 aliphatic carbocycles. The van der Waals surface area contributed by atoms with E-state index >= 15 is 0 Å². The summed E-state index contributed by atoms with van der Waals surface area (Å²) in [7, 11) is 0. The van der Waals surface area contributed by atoms with Gasteiger partial charge in [0.2, 0.25) is 6.71 Å². The highest BCUT2D eigenvalue weighted by Gasteiger charge is 2.47. The van der Waals surface area contributed by atoms with Crippen LogP contribution >= 0.6 is 0 Å². The number of hydrogen-bond acceptors (Lipinski definition) is 1. The number of fused-ring (bicyclic) bond motifs is 13. The standard InChI is InChI=1S/C131H140BNO/c1-16-20-24-28-32-40-63-130(64-41-33-29-25-21-17-2)110-47-38-36-45-100(110)106-61-53-92(79-116(106)130)90-51-57-102-104-59-55-94(77-114(104)128(12,13)112(102)75-90)96-69-84(6)122(85(7)70-96)98-73-108-109-74-99(82-121-126(109)133-125(108)119(81-98)132(118-49-44-50-120(134-121)127(118)133)124-88(10)67-83(5)68-89(124)11)123-86(8)71-97(72-87(123)9)95-56-60-105-103-58-52-91(76-113(103)129(14,15)115(105)78-95)93-54-62-107-101-46-37-39-48-111(101)131(117(107)80-93,65-42-34-30-26-22-18-3)66-43-35-31-27-23-19-4/h36-39,44-62,67-82H,16-35,40-43,63-66H2,1-15H3. The maximum Gasteiger partial charge on any atom is 0.247 e. The van der Waals surface area contributed by atoms with Crippen molar-refractivity contribution in [2.45, 2.75) is 305 Å². The zero-order chi connectivity index (χ0) is 92.2. The Morgan fingerprint density at radius 1 is 0.254 bits per heavy atom.